The van der Waals surface area contributed by atoms with Gasteiger partial charge in [-0.2, -0.15) is 0 Å². The average Bonchev–Trinajstić information content (AvgIpc) is 2.61. The predicted molar refractivity (Wildman–Crippen MR) is 117 cm³/mol. The van der Waals surface area contributed by atoms with E-state index < -0.39 is 0 Å². The Kier molecular flexibility index (Phi) is 4.54. The van der Waals surface area contributed by atoms with Crippen molar-refractivity contribution in [2.45, 2.75) is 25.7 Å². The number of nitrogen functional groups attached to an aromatic ring is 1. The van der Waals surface area contributed by atoms with Gasteiger partial charge in [0.1, 0.15) is 4.62 Å². The van der Waals surface area contributed by atoms with Crippen LogP contribution >= 0.6 is 38.5 Å². The quantitative estimate of drug-likeness (QED) is 0.267. The molecule has 0 saturated heterocycles. The molecule has 0 bridgehead atoms. The summed E-state index contributed by atoms with van der Waals surface area (Å²) >= 11 is 5.65. The number of anilines is 1. The van der Waals surface area contributed by atoms with Crippen molar-refractivity contribution in [2.75, 3.05) is 5.73 Å². The Morgan fingerprint density at radius 1 is 1.04 bits per heavy atom. The summed E-state index contributed by atoms with van der Waals surface area (Å²) in [5.41, 5.74) is 13.4. The van der Waals surface area contributed by atoms with Gasteiger partial charge in [-0.25, -0.2) is 4.98 Å². The van der Waals surface area contributed by atoms with E-state index in [4.69, 9.17) is 16.1 Å². The maximum absolute atomic E-state index is 8.13. The number of hydrogen-bond donors (Lipinski definition) is 2. The molecule has 1 heterocycles. The Balaban J connectivity index is 2.09. The van der Waals surface area contributed by atoms with Crippen LogP contribution in [0.2, 0.25) is 0 Å². The molecule has 0 unspecified atom stereocenters. The second-order valence-corrected chi connectivity index (χ2v) is 8.41. The predicted octanol–water partition coefficient (Wildman–Crippen LogP) is 5.69. The van der Waals surface area contributed by atoms with Gasteiger partial charge in [0.2, 0.25) is 0 Å². The molecule has 25 heavy (non-hydrogen) atoms. The Labute approximate surface area is 168 Å². The van der Waals surface area contributed by atoms with Crippen molar-refractivity contribution in [3.05, 3.63) is 56.7 Å². The summed E-state index contributed by atoms with van der Waals surface area (Å²) in [6.45, 7) is 0. The fourth-order valence-electron chi connectivity index (χ4n) is 3.72. The molecular formula is C20H17BrIN3. The lowest BCUT2D eigenvalue weighted by Crippen LogP contribution is -2.10. The number of nitrogens with two attached hydrogens (primary N) is 1. The molecule has 3 aromatic rings. The van der Waals surface area contributed by atoms with Crippen molar-refractivity contribution < 1.29 is 0 Å². The minimum atomic E-state index is 0.326. The average molecular weight is 506 g/mol. The lowest BCUT2D eigenvalue weighted by Gasteiger charge is -2.23. The van der Waals surface area contributed by atoms with Crippen LogP contribution in [0.15, 0.2) is 36.4 Å². The van der Waals surface area contributed by atoms with Gasteiger partial charge in [0.25, 0.3) is 0 Å². The molecule has 1 aromatic heterocycles. The molecule has 0 saturated carbocycles. The lowest BCUT2D eigenvalue weighted by molar-refractivity contribution is 0.689. The zero-order valence-electron chi connectivity index (χ0n) is 13.6. The molecule has 3 nitrogen and oxygen atoms in total. The van der Waals surface area contributed by atoms with E-state index in [2.05, 4.69) is 62.8 Å². The van der Waals surface area contributed by atoms with E-state index in [1.807, 2.05) is 12.1 Å². The Bertz CT molecular complexity index is 996. The number of nitrogens with one attached hydrogen (secondary N) is 1. The highest BCUT2D eigenvalue weighted by molar-refractivity contribution is 14.1. The van der Waals surface area contributed by atoms with Crippen LogP contribution in [-0.4, -0.2) is 9.60 Å². The second-order valence-electron chi connectivity index (χ2n) is 6.37. The number of pyridine rings is 1. The highest BCUT2D eigenvalue weighted by Gasteiger charge is 2.22. The number of halogens is 2. The van der Waals surface area contributed by atoms with Crippen molar-refractivity contribution in [1.29, 1.82) is 5.41 Å². The van der Waals surface area contributed by atoms with Gasteiger partial charge in [-0.15, -0.1) is 0 Å². The Morgan fingerprint density at radius 2 is 1.72 bits per heavy atom. The van der Waals surface area contributed by atoms with Crippen molar-refractivity contribution in [2.24, 2.45) is 0 Å². The SMILES string of the molecule is N=C(Br)c1c(N)ccc2nc(-c3ccc(I)cc3)c3c(c12)CCCC3. The largest absolute Gasteiger partial charge is 0.398 e. The van der Waals surface area contributed by atoms with Crippen LogP contribution in [0.3, 0.4) is 0 Å². The van der Waals surface area contributed by atoms with Crippen LogP contribution in [0.1, 0.15) is 29.5 Å². The van der Waals surface area contributed by atoms with Crippen LogP contribution in [-0.2, 0) is 12.8 Å². The fourth-order valence-corrected chi connectivity index (χ4v) is 4.51. The minimum absolute atomic E-state index is 0.326. The van der Waals surface area contributed by atoms with Gasteiger partial charge < -0.3 is 5.73 Å². The summed E-state index contributed by atoms with van der Waals surface area (Å²) in [7, 11) is 0. The molecule has 0 atom stereocenters. The van der Waals surface area contributed by atoms with E-state index in [1.54, 1.807) is 0 Å². The molecule has 4 rings (SSSR count). The van der Waals surface area contributed by atoms with Crippen LogP contribution in [0.4, 0.5) is 5.69 Å². The topological polar surface area (TPSA) is 62.8 Å². The van der Waals surface area contributed by atoms with Gasteiger partial charge in [0.05, 0.1) is 11.2 Å². The molecule has 3 N–H and O–H groups in total. The molecule has 0 radical (unpaired) electrons. The Morgan fingerprint density at radius 3 is 2.40 bits per heavy atom. The fraction of sp³-hybridized carbons (Fsp3) is 0.200. The minimum Gasteiger partial charge on any atom is -0.398 e. The van der Waals surface area contributed by atoms with Crippen molar-refractivity contribution in [3.63, 3.8) is 0 Å². The highest BCUT2D eigenvalue weighted by atomic mass is 127. The number of aryl methyl sites for hydroxylation is 1. The summed E-state index contributed by atoms with van der Waals surface area (Å²) in [6, 6.07) is 12.4. The first kappa shape index (κ1) is 17.0. The third kappa shape index (κ3) is 2.97. The van der Waals surface area contributed by atoms with Crippen LogP contribution in [0.25, 0.3) is 22.2 Å². The highest BCUT2D eigenvalue weighted by Crippen LogP contribution is 2.38. The number of nitrogens with zero attached hydrogens (tertiary/aromatic N) is 1. The van der Waals surface area contributed by atoms with Gasteiger partial charge >= 0.3 is 0 Å². The molecule has 0 spiro atoms. The van der Waals surface area contributed by atoms with Crippen molar-refractivity contribution in [3.8, 4) is 11.3 Å². The molecule has 1 aliphatic carbocycles. The summed E-state index contributed by atoms with van der Waals surface area (Å²) in [5, 5.41) is 9.17. The monoisotopic (exact) mass is 505 g/mol. The molecule has 0 amide bonds. The standard InChI is InChI=1S/C20H17BrIN3/c21-20(24)18-15(23)9-10-16-17(18)13-3-1-2-4-14(13)19(25-16)11-5-7-12(22)8-6-11/h5-10,24H,1-4,23H2. The van der Waals surface area contributed by atoms with E-state index in [0.717, 1.165) is 40.6 Å². The number of rotatable bonds is 2. The number of hydrogen-bond acceptors (Lipinski definition) is 3. The summed E-state index contributed by atoms with van der Waals surface area (Å²) < 4.78 is 1.55. The van der Waals surface area contributed by atoms with E-state index >= 15 is 0 Å². The molecule has 0 aliphatic heterocycles. The van der Waals surface area contributed by atoms with Crippen LogP contribution < -0.4 is 5.73 Å². The van der Waals surface area contributed by atoms with Crippen LogP contribution in [0, 0.1) is 8.98 Å². The third-order valence-corrected chi connectivity index (χ3v) is 5.96. The van der Waals surface area contributed by atoms with Gasteiger partial charge in [0.15, 0.2) is 0 Å². The van der Waals surface area contributed by atoms with Crippen LogP contribution in [0.5, 0.6) is 0 Å². The molecule has 1 aliphatic rings. The van der Waals surface area contributed by atoms with E-state index in [0.29, 0.717) is 10.3 Å². The molecular weight excluding hydrogens is 489 g/mol. The molecule has 126 valence electrons. The first-order chi connectivity index (χ1) is 12.1. The summed E-state index contributed by atoms with van der Waals surface area (Å²) in [6.07, 6.45) is 4.40. The zero-order chi connectivity index (χ0) is 17.6. The number of aromatic nitrogens is 1. The van der Waals surface area contributed by atoms with Gasteiger partial charge in [0, 0.05) is 25.8 Å². The maximum Gasteiger partial charge on any atom is 0.107 e. The normalized spacial score (nSPS) is 13.7. The van der Waals surface area contributed by atoms with Crippen molar-refractivity contribution >= 4 is 59.7 Å². The Hall–Kier alpha value is -1.47. The first-order valence-corrected chi connectivity index (χ1v) is 10.2. The summed E-state index contributed by atoms with van der Waals surface area (Å²) in [5.74, 6) is 0. The molecule has 5 heteroatoms. The molecule has 2 aromatic carbocycles. The number of fused-ring (bicyclic) bond motifs is 3. The second kappa shape index (κ2) is 6.68. The smallest absolute Gasteiger partial charge is 0.107 e. The van der Waals surface area contributed by atoms with E-state index in [-0.39, 0.29) is 0 Å². The molecule has 0 fully saturated rings. The van der Waals surface area contributed by atoms with Gasteiger partial charge in [-0.05, 0) is 99.6 Å². The van der Waals surface area contributed by atoms with Gasteiger partial charge in [-0.1, -0.05) is 12.1 Å². The van der Waals surface area contributed by atoms with E-state index in [1.165, 1.54) is 27.5 Å². The number of benzene rings is 2. The third-order valence-electron chi connectivity index (χ3n) is 4.84. The van der Waals surface area contributed by atoms with E-state index in [9.17, 15) is 0 Å². The summed E-state index contributed by atoms with van der Waals surface area (Å²) in [4.78, 5) is 5.00. The van der Waals surface area contributed by atoms with Crippen molar-refractivity contribution in [1.82, 2.24) is 4.98 Å². The maximum atomic E-state index is 8.13. The zero-order valence-corrected chi connectivity index (χ0v) is 17.3. The van der Waals surface area contributed by atoms with Gasteiger partial charge in [-0.3, -0.25) is 5.41 Å². The lowest BCUT2D eigenvalue weighted by atomic mass is 9.85. The first-order valence-electron chi connectivity index (χ1n) is 8.30.